The second-order valence-corrected chi connectivity index (χ2v) is 6.90. The van der Waals surface area contributed by atoms with E-state index in [0.717, 1.165) is 25.7 Å². The molecule has 3 nitrogen and oxygen atoms in total. The molecule has 0 aliphatic heterocycles. The Morgan fingerprint density at radius 1 is 1.22 bits per heavy atom. The third-order valence-corrected chi connectivity index (χ3v) is 4.34. The molecule has 18 heavy (non-hydrogen) atoms. The SMILES string of the molecule is O=C(CCNC1CC1)Nc1c(Br)cc(Br)cc1Br. The molecule has 0 heterocycles. The lowest BCUT2D eigenvalue weighted by molar-refractivity contribution is -0.116. The number of carbonyl (C=O) groups excluding carboxylic acids is 1. The van der Waals surface area contributed by atoms with Crippen molar-refractivity contribution >= 4 is 59.4 Å². The Morgan fingerprint density at radius 3 is 2.39 bits per heavy atom. The zero-order chi connectivity index (χ0) is 13.1. The summed E-state index contributed by atoms with van der Waals surface area (Å²) in [5.41, 5.74) is 0.773. The Labute approximate surface area is 131 Å². The molecule has 1 amide bonds. The smallest absolute Gasteiger partial charge is 0.225 e. The van der Waals surface area contributed by atoms with E-state index in [4.69, 9.17) is 0 Å². The maximum Gasteiger partial charge on any atom is 0.225 e. The Balaban J connectivity index is 1.89. The van der Waals surface area contributed by atoms with Crippen LogP contribution in [0.1, 0.15) is 19.3 Å². The highest BCUT2D eigenvalue weighted by atomic mass is 79.9. The van der Waals surface area contributed by atoms with Crippen LogP contribution in [0.5, 0.6) is 0 Å². The summed E-state index contributed by atoms with van der Waals surface area (Å²) in [6, 6.07) is 4.45. The Bertz CT molecular complexity index is 438. The Hall–Kier alpha value is 0.0900. The minimum Gasteiger partial charge on any atom is -0.324 e. The molecule has 1 fully saturated rings. The summed E-state index contributed by atoms with van der Waals surface area (Å²) < 4.78 is 2.66. The second-order valence-electron chi connectivity index (χ2n) is 4.27. The van der Waals surface area contributed by atoms with Crippen molar-refractivity contribution < 1.29 is 4.79 Å². The first-order valence-corrected chi connectivity index (χ1v) is 8.12. The molecule has 6 heteroatoms. The lowest BCUT2D eigenvalue weighted by Crippen LogP contribution is -2.23. The van der Waals surface area contributed by atoms with Gasteiger partial charge in [-0.25, -0.2) is 0 Å². The summed E-state index contributed by atoms with van der Waals surface area (Å²) in [7, 11) is 0. The summed E-state index contributed by atoms with van der Waals surface area (Å²) in [5, 5.41) is 6.23. The molecule has 98 valence electrons. The third kappa shape index (κ3) is 4.33. The van der Waals surface area contributed by atoms with E-state index in [-0.39, 0.29) is 5.91 Å². The van der Waals surface area contributed by atoms with Crippen molar-refractivity contribution in [3.8, 4) is 0 Å². The van der Waals surface area contributed by atoms with E-state index in [0.29, 0.717) is 12.5 Å². The van der Waals surface area contributed by atoms with Gasteiger partial charge in [0.1, 0.15) is 0 Å². The van der Waals surface area contributed by atoms with Gasteiger partial charge in [-0.3, -0.25) is 4.79 Å². The van der Waals surface area contributed by atoms with Crippen LogP contribution in [0.3, 0.4) is 0 Å². The summed E-state index contributed by atoms with van der Waals surface area (Å²) in [5.74, 6) is 0.0203. The number of carbonyl (C=O) groups is 1. The number of hydrogen-bond donors (Lipinski definition) is 2. The lowest BCUT2D eigenvalue weighted by Gasteiger charge is -2.10. The van der Waals surface area contributed by atoms with Crippen LogP contribution in [0.15, 0.2) is 25.6 Å². The molecule has 2 rings (SSSR count). The van der Waals surface area contributed by atoms with Gasteiger partial charge in [0.05, 0.1) is 5.69 Å². The first kappa shape index (κ1) is 14.5. The molecule has 1 aliphatic carbocycles. The number of halogens is 3. The predicted octanol–water partition coefficient (Wildman–Crippen LogP) is 4.05. The van der Waals surface area contributed by atoms with Gasteiger partial charge < -0.3 is 10.6 Å². The number of nitrogens with one attached hydrogen (secondary N) is 2. The number of benzene rings is 1. The van der Waals surface area contributed by atoms with Crippen LogP contribution in [0.2, 0.25) is 0 Å². The quantitative estimate of drug-likeness (QED) is 0.725. The molecule has 2 N–H and O–H groups in total. The van der Waals surface area contributed by atoms with E-state index in [1.165, 1.54) is 12.8 Å². The molecule has 0 aromatic heterocycles. The molecule has 0 radical (unpaired) electrons. The molecule has 1 aromatic carbocycles. The minimum absolute atomic E-state index is 0.0203. The first-order valence-electron chi connectivity index (χ1n) is 5.74. The van der Waals surface area contributed by atoms with E-state index in [2.05, 4.69) is 58.4 Å². The van der Waals surface area contributed by atoms with Gasteiger partial charge in [-0.05, 0) is 56.8 Å². The first-order chi connectivity index (χ1) is 8.56. The molecular formula is C12H13Br3N2O. The highest BCUT2D eigenvalue weighted by Gasteiger charge is 2.20. The van der Waals surface area contributed by atoms with Crippen LogP contribution >= 0.6 is 47.8 Å². The fraction of sp³-hybridized carbons (Fsp3) is 0.417. The van der Waals surface area contributed by atoms with Gasteiger partial charge in [-0.2, -0.15) is 0 Å². The zero-order valence-corrected chi connectivity index (χ0v) is 14.4. The second kappa shape index (κ2) is 6.50. The minimum atomic E-state index is 0.0203. The Morgan fingerprint density at radius 2 is 1.83 bits per heavy atom. The van der Waals surface area contributed by atoms with E-state index < -0.39 is 0 Å². The van der Waals surface area contributed by atoms with Crippen LogP contribution in [0, 0.1) is 0 Å². The number of hydrogen-bond acceptors (Lipinski definition) is 2. The van der Waals surface area contributed by atoms with Gasteiger partial charge in [0.25, 0.3) is 0 Å². The van der Waals surface area contributed by atoms with Crippen molar-refractivity contribution in [3.05, 3.63) is 25.6 Å². The summed E-state index contributed by atoms with van der Waals surface area (Å²) in [6.45, 7) is 0.738. The molecule has 0 atom stereocenters. The van der Waals surface area contributed by atoms with Gasteiger partial charge in [-0.15, -0.1) is 0 Å². The molecule has 1 saturated carbocycles. The van der Waals surface area contributed by atoms with E-state index in [9.17, 15) is 4.79 Å². The number of anilines is 1. The fourth-order valence-corrected chi connectivity index (χ4v) is 4.00. The summed E-state index contributed by atoms with van der Waals surface area (Å²) in [6.07, 6.45) is 2.97. The molecular weight excluding hydrogens is 428 g/mol. The van der Waals surface area contributed by atoms with Crippen molar-refractivity contribution in [3.63, 3.8) is 0 Å². The van der Waals surface area contributed by atoms with Crippen LogP contribution in [-0.2, 0) is 4.79 Å². The van der Waals surface area contributed by atoms with Gasteiger partial charge in [0.2, 0.25) is 5.91 Å². The van der Waals surface area contributed by atoms with Gasteiger partial charge >= 0.3 is 0 Å². The average Bonchev–Trinajstić information content (AvgIpc) is 3.07. The van der Waals surface area contributed by atoms with E-state index in [1.807, 2.05) is 12.1 Å². The average molecular weight is 441 g/mol. The zero-order valence-electron chi connectivity index (χ0n) is 9.60. The summed E-state index contributed by atoms with van der Waals surface area (Å²) >= 11 is 10.3. The highest BCUT2D eigenvalue weighted by Crippen LogP contribution is 2.34. The van der Waals surface area contributed by atoms with Crippen molar-refractivity contribution in [1.82, 2.24) is 5.32 Å². The van der Waals surface area contributed by atoms with Crippen molar-refractivity contribution in [1.29, 1.82) is 0 Å². The van der Waals surface area contributed by atoms with Gasteiger partial charge in [0, 0.05) is 32.4 Å². The fourth-order valence-electron chi connectivity index (χ4n) is 1.54. The lowest BCUT2D eigenvalue weighted by atomic mass is 10.3. The normalized spacial score (nSPS) is 14.6. The molecule has 0 unspecified atom stereocenters. The van der Waals surface area contributed by atoms with Gasteiger partial charge in [0.15, 0.2) is 0 Å². The van der Waals surface area contributed by atoms with E-state index >= 15 is 0 Å². The monoisotopic (exact) mass is 438 g/mol. The standard InChI is InChI=1S/C12H13Br3N2O/c13-7-5-9(14)12(10(15)6-7)17-11(18)3-4-16-8-1-2-8/h5-6,8,16H,1-4H2,(H,17,18). The number of rotatable bonds is 5. The Kier molecular flexibility index (Phi) is 5.24. The third-order valence-electron chi connectivity index (χ3n) is 2.63. The molecule has 0 saturated heterocycles. The molecule has 0 bridgehead atoms. The highest BCUT2D eigenvalue weighted by molar-refractivity contribution is 9.11. The topological polar surface area (TPSA) is 41.1 Å². The van der Waals surface area contributed by atoms with E-state index in [1.54, 1.807) is 0 Å². The number of amides is 1. The van der Waals surface area contributed by atoms with Crippen LogP contribution in [0.4, 0.5) is 5.69 Å². The molecule has 1 aliphatic rings. The van der Waals surface area contributed by atoms with Crippen molar-refractivity contribution in [2.75, 3.05) is 11.9 Å². The molecule has 1 aromatic rings. The predicted molar refractivity (Wildman–Crippen MR) is 83.8 cm³/mol. The van der Waals surface area contributed by atoms with Crippen molar-refractivity contribution in [2.24, 2.45) is 0 Å². The largest absolute Gasteiger partial charge is 0.324 e. The maximum absolute atomic E-state index is 11.8. The van der Waals surface area contributed by atoms with Crippen LogP contribution in [0.25, 0.3) is 0 Å². The maximum atomic E-state index is 11.8. The van der Waals surface area contributed by atoms with Crippen LogP contribution in [-0.4, -0.2) is 18.5 Å². The molecule has 0 spiro atoms. The van der Waals surface area contributed by atoms with Gasteiger partial charge in [-0.1, -0.05) is 15.9 Å². The summed E-state index contributed by atoms with van der Waals surface area (Å²) in [4.78, 5) is 11.8. The van der Waals surface area contributed by atoms with Crippen LogP contribution < -0.4 is 10.6 Å². The van der Waals surface area contributed by atoms with Crippen molar-refractivity contribution in [2.45, 2.75) is 25.3 Å².